The Balaban J connectivity index is 2.41. The van der Waals surface area contributed by atoms with E-state index in [2.05, 4.69) is 4.74 Å². The third-order valence-electron chi connectivity index (χ3n) is 7.15. The lowest BCUT2D eigenvalue weighted by atomic mass is 9.67. The number of methoxy groups -OCH3 is 1. The van der Waals surface area contributed by atoms with Crippen molar-refractivity contribution in [3.8, 4) is 0 Å². The summed E-state index contributed by atoms with van der Waals surface area (Å²) in [6.45, 7) is 2.51. The van der Waals surface area contributed by atoms with Crippen LogP contribution in [0.15, 0.2) is 24.0 Å². The molecular weight excluding hydrogens is 455 g/mol. The molecule has 35 heavy (non-hydrogen) atoms. The number of allylic oxidation sites excluding steroid dienone is 1. The standard InChI is InChI=1S/C27H43FO7/c1-3-4-13-21(28)17-18-23(35-25-16-9-10-19-34-25)27(26(31)32,20-11-5-6-12-20)22(29)14-7-8-15-24(30)33-2/h7-8,18,20-22,25,29H,3-6,9-17,19H2,1-2H3,(H,31,32)/t21?,22-,25?,27-/m1/s1. The minimum Gasteiger partial charge on any atom is -0.480 e. The molecule has 1 aliphatic heterocycles. The van der Waals surface area contributed by atoms with Crippen molar-refractivity contribution in [2.75, 3.05) is 13.7 Å². The van der Waals surface area contributed by atoms with Gasteiger partial charge in [0.2, 0.25) is 0 Å². The number of alkyl halides is 1. The van der Waals surface area contributed by atoms with Gasteiger partial charge in [-0.25, -0.2) is 4.39 Å². The zero-order valence-corrected chi connectivity index (χ0v) is 21.3. The first-order valence-corrected chi connectivity index (χ1v) is 13.1. The van der Waals surface area contributed by atoms with Crippen molar-refractivity contribution in [1.29, 1.82) is 0 Å². The van der Waals surface area contributed by atoms with Gasteiger partial charge in [-0.1, -0.05) is 44.8 Å². The second-order valence-electron chi connectivity index (χ2n) is 9.62. The Morgan fingerprint density at radius 2 is 1.86 bits per heavy atom. The van der Waals surface area contributed by atoms with E-state index in [9.17, 15) is 24.2 Å². The first-order chi connectivity index (χ1) is 16.9. The number of hydrogen-bond donors (Lipinski definition) is 2. The number of esters is 1. The number of ether oxygens (including phenoxy) is 3. The number of aliphatic carboxylic acids is 1. The highest BCUT2D eigenvalue weighted by Crippen LogP contribution is 2.50. The highest BCUT2D eigenvalue weighted by atomic mass is 19.1. The Morgan fingerprint density at radius 1 is 1.14 bits per heavy atom. The molecule has 0 bridgehead atoms. The summed E-state index contributed by atoms with van der Waals surface area (Å²) in [5, 5.41) is 22.0. The second kappa shape index (κ2) is 15.2. The number of carboxylic acids is 1. The molecule has 0 amide bonds. The molecule has 1 saturated carbocycles. The van der Waals surface area contributed by atoms with Crippen LogP contribution in [0.25, 0.3) is 0 Å². The summed E-state index contributed by atoms with van der Waals surface area (Å²) in [6.07, 6.45) is 9.14. The van der Waals surface area contributed by atoms with Crippen molar-refractivity contribution in [2.24, 2.45) is 11.3 Å². The number of aliphatic hydroxyl groups excluding tert-OH is 1. The molecule has 0 aromatic carbocycles. The number of unbranched alkanes of at least 4 members (excludes halogenated alkanes) is 1. The van der Waals surface area contributed by atoms with Gasteiger partial charge in [0, 0.05) is 12.8 Å². The molecule has 200 valence electrons. The summed E-state index contributed by atoms with van der Waals surface area (Å²) in [4.78, 5) is 24.4. The number of rotatable bonds is 15. The van der Waals surface area contributed by atoms with Crippen molar-refractivity contribution in [2.45, 2.75) is 109 Å². The minimum atomic E-state index is -1.72. The van der Waals surface area contributed by atoms with E-state index in [1.165, 1.54) is 7.11 Å². The van der Waals surface area contributed by atoms with Crippen LogP contribution >= 0.6 is 0 Å². The van der Waals surface area contributed by atoms with Gasteiger partial charge < -0.3 is 24.4 Å². The van der Waals surface area contributed by atoms with E-state index >= 15 is 0 Å². The van der Waals surface area contributed by atoms with E-state index in [-0.39, 0.29) is 30.9 Å². The summed E-state index contributed by atoms with van der Waals surface area (Å²) < 4.78 is 31.2. The third-order valence-corrected chi connectivity index (χ3v) is 7.15. The normalized spacial score (nSPS) is 23.1. The van der Waals surface area contributed by atoms with E-state index in [0.717, 1.165) is 38.5 Å². The minimum absolute atomic E-state index is 0.0148. The second-order valence-corrected chi connectivity index (χ2v) is 9.62. The van der Waals surface area contributed by atoms with Gasteiger partial charge in [-0.15, -0.1) is 0 Å². The van der Waals surface area contributed by atoms with Crippen LogP contribution in [0, 0.1) is 11.3 Å². The Hall–Kier alpha value is -1.93. The average Bonchev–Trinajstić information content (AvgIpc) is 3.39. The van der Waals surface area contributed by atoms with E-state index in [0.29, 0.717) is 32.3 Å². The quantitative estimate of drug-likeness (QED) is 0.175. The topological polar surface area (TPSA) is 102 Å². The van der Waals surface area contributed by atoms with Crippen LogP contribution in [0.3, 0.4) is 0 Å². The maximum Gasteiger partial charge on any atom is 0.320 e. The van der Waals surface area contributed by atoms with Gasteiger partial charge >= 0.3 is 11.9 Å². The van der Waals surface area contributed by atoms with Gasteiger partial charge in [-0.05, 0) is 50.5 Å². The Labute approximate surface area is 208 Å². The van der Waals surface area contributed by atoms with Crippen LogP contribution in [0.2, 0.25) is 0 Å². The van der Waals surface area contributed by atoms with E-state index in [1.807, 2.05) is 6.92 Å². The molecule has 2 rings (SSSR count). The molecule has 1 aliphatic carbocycles. The lowest BCUT2D eigenvalue weighted by Gasteiger charge is -2.42. The Kier molecular flexibility index (Phi) is 12.8. The summed E-state index contributed by atoms with van der Waals surface area (Å²) in [6, 6.07) is 0. The summed E-state index contributed by atoms with van der Waals surface area (Å²) >= 11 is 0. The van der Waals surface area contributed by atoms with Gasteiger partial charge in [0.1, 0.15) is 11.9 Å². The van der Waals surface area contributed by atoms with Gasteiger partial charge in [0.05, 0.1) is 26.2 Å². The number of carbonyl (C=O) groups is 2. The smallest absolute Gasteiger partial charge is 0.320 e. The largest absolute Gasteiger partial charge is 0.480 e. The number of aliphatic hydroxyl groups is 1. The van der Waals surface area contributed by atoms with E-state index in [1.54, 1.807) is 18.2 Å². The van der Waals surface area contributed by atoms with Crippen LogP contribution in [0.1, 0.15) is 90.4 Å². The number of halogens is 1. The summed E-state index contributed by atoms with van der Waals surface area (Å²) in [5.74, 6) is -1.84. The molecule has 1 saturated heterocycles. The lowest BCUT2D eigenvalue weighted by molar-refractivity contribution is -0.182. The number of hydrogen-bond acceptors (Lipinski definition) is 6. The van der Waals surface area contributed by atoms with Crippen LogP contribution in [0.4, 0.5) is 4.39 Å². The van der Waals surface area contributed by atoms with Gasteiger partial charge in [-0.2, -0.15) is 0 Å². The van der Waals surface area contributed by atoms with Crippen molar-refractivity contribution in [3.63, 3.8) is 0 Å². The lowest BCUT2D eigenvalue weighted by Crippen LogP contribution is -2.50. The maximum atomic E-state index is 14.7. The van der Waals surface area contributed by atoms with Crippen LogP contribution in [-0.4, -0.2) is 54.4 Å². The Bertz CT molecular complexity index is 710. The molecule has 2 N–H and O–H groups in total. The fraction of sp³-hybridized carbons (Fsp3) is 0.778. The predicted octanol–water partition coefficient (Wildman–Crippen LogP) is 5.46. The predicted molar refractivity (Wildman–Crippen MR) is 130 cm³/mol. The molecule has 0 spiro atoms. The fourth-order valence-corrected chi connectivity index (χ4v) is 5.15. The first-order valence-electron chi connectivity index (χ1n) is 13.1. The van der Waals surface area contributed by atoms with E-state index in [4.69, 9.17) is 9.47 Å². The molecule has 2 fully saturated rings. The average molecular weight is 499 g/mol. The third kappa shape index (κ3) is 8.31. The number of carboxylic acid groups (broad SMARTS) is 1. The zero-order valence-electron chi connectivity index (χ0n) is 21.3. The zero-order chi connectivity index (χ0) is 25.7. The molecule has 2 unspecified atom stereocenters. The van der Waals surface area contributed by atoms with E-state index < -0.39 is 35.9 Å². The molecule has 0 radical (unpaired) electrons. The molecule has 8 heteroatoms. The van der Waals surface area contributed by atoms with Crippen LogP contribution in [-0.2, 0) is 23.8 Å². The molecule has 2 aliphatic rings. The molecule has 7 nitrogen and oxygen atoms in total. The highest BCUT2D eigenvalue weighted by molar-refractivity contribution is 5.79. The molecular formula is C27H43FO7. The van der Waals surface area contributed by atoms with Crippen LogP contribution < -0.4 is 0 Å². The van der Waals surface area contributed by atoms with Crippen molar-refractivity contribution in [1.82, 2.24) is 0 Å². The fourth-order valence-electron chi connectivity index (χ4n) is 5.15. The summed E-state index contributed by atoms with van der Waals surface area (Å²) in [7, 11) is 1.29. The maximum absolute atomic E-state index is 14.7. The number of carbonyl (C=O) groups excluding carboxylic acids is 1. The molecule has 0 aromatic heterocycles. The monoisotopic (exact) mass is 498 g/mol. The molecule has 1 heterocycles. The van der Waals surface area contributed by atoms with Crippen molar-refractivity contribution in [3.05, 3.63) is 24.0 Å². The Morgan fingerprint density at radius 3 is 2.46 bits per heavy atom. The summed E-state index contributed by atoms with van der Waals surface area (Å²) in [5.41, 5.74) is -1.72. The van der Waals surface area contributed by atoms with Gasteiger partial charge in [0.25, 0.3) is 0 Å². The van der Waals surface area contributed by atoms with Gasteiger partial charge in [-0.3, -0.25) is 9.59 Å². The van der Waals surface area contributed by atoms with Crippen molar-refractivity contribution >= 4 is 11.9 Å². The van der Waals surface area contributed by atoms with Crippen molar-refractivity contribution < 1.29 is 38.4 Å². The highest BCUT2D eigenvalue weighted by Gasteiger charge is 2.56. The first kappa shape index (κ1) is 29.3. The molecule has 0 aromatic rings. The SMILES string of the molecule is CCCCC(F)CC=C(OC1CCCCO1)[C@@](C(=O)O)(C1CCCC1)[C@H](O)CC=CCC(=O)OC. The van der Waals surface area contributed by atoms with Crippen LogP contribution in [0.5, 0.6) is 0 Å². The molecule has 4 atom stereocenters. The van der Waals surface area contributed by atoms with Gasteiger partial charge in [0.15, 0.2) is 11.7 Å².